The summed E-state index contributed by atoms with van der Waals surface area (Å²) in [5.41, 5.74) is 6.60. The van der Waals surface area contributed by atoms with E-state index in [0.29, 0.717) is 0 Å². The quantitative estimate of drug-likeness (QED) is 0.462. The smallest absolute Gasteiger partial charge is 0.0388 e. The van der Waals surface area contributed by atoms with Crippen LogP contribution >= 0.6 is 0 Å². The molecule has 0 radical (unpaired) electrons. The van der Waals surface area contributed by atoms with Crippen LogP contribution in [0.15, 0.2) is 4.99 Å². The highest BCUT2D eigenvalue weighted by atomic mass is 14.7. The molecule has 0 aliphatic rings. The minimum absolute atomic E-state index is 0.726. The summed E-state index contributed by atoms with van der Waals surface area (Å²) >= 11 is 0. The first-order valence-corrected chi connectivity index (χ1v) is 5.01. The molecule has 0 saturated carbocycles. The topological polar surface area (TPSA) is 38.4 Å². The van der Waals surface area contributed by atoms with Crippen molar-refractivity contribution >= 4 is 5.71 Å². The van der Waals surface area contributed by atoms with Gasteiger partial charge in [0.15, 0.2) is 0 Å². The number of hydrogen-bond donors (Lipinski definition) is 1. The summed E-state index contributed by atoms with van der Waals surface area (Å²) < 4.78 is 0. The van der Waals surface area contributed by atoms with Crippen LogP contribution in [0.4, 0.5) is 0 Å². The van der Waals surface area contributed by atoms with E-state index >= 15 is 0 Å². The monoisotopic (exact) mass is 170 g/mol. The molecule has 0 atom stereocenters. The highest BCUT2D eigenvalue weighted by Crippen LogP contribution is 1.99. The van der Waals surface area contributed by atoms with Gasteiger partial charge in [-0.2, -0.15) is 0 Å². The fraction of sp³-hybridized carbons (Fsp3) is 0.900. The lowest BCUT2D eigenvalue weighted by atomic mass is 10.2. The van der Waals surface area contributed by atoms with Gasteiger partial charge < -0.3 is 5.73 Å². The average Bonchev–Trinajstić information content (AvgIpc) is 2.05. The van der Waals surface area contributed by atoms with Crippen LogP contribution in [0.5, 0.6) is 0 Å². The van der Waals surface area contributed by atoms with E-state index in [9.17, 15) is 0 Å². The van der Waals surface area contributed by atoms with Gasteiger partial charge in [0.25, 0.3) is 0 Å². The molecule has 2 N–H and O–H groups in total. The van der Waals surface area contributed by atoms with Gasteiger partial charge in [-0.05, 0) is 26.3 Å². The van der Waals surface area contributed by atoms with Crippen LogP contribution in [0.25, 0.3) is 0 Å². The molecule has 72 valence electrons. The summed E-state index contributed by atoms with van der Waals surface area (Å²) in [5.74, 6) is 0. The van der Waals surface area contributed by atoms with Crippen molar-refractivity contribution in [3.05, 3.63) is 0 Å². The molecule has 0 aliphatic heterocycles. The Morgan fingerprint density at radius 3 is 2.58 bits per heavy atom. The first-order valence-electron chi connectivity index (χ1n) is 5.01. The zero-order valence-electron chi connectivity index (χ0n) is 8.47. The van der Waals surface area contributed by atoms with Crippen molar-refractivity contribution in [2.45, 2.75) is 46.0 Å². The predicted molar refractivity (Wildman–Crippen MR) is 55.8 cm³/mol. The van der Waals surface area contributed by atoms with Crippen LogP contribution in [0.1, 0.15) is 46.0 Å². The molecular formula is C10H22N2. The van der Waals surface area contributed by atoms with Crippen LogP contribution in [0.2, 0.25) is 0 Å². The van der Waals surface area contributed by atoms with Crippen LogP contribution in [-0.2, 0) is 0 Å². The highest BCUT2D eigenvalue weighted by molar-refractivity contribution is 5.81. The van der Waals surface area contributed by atoms with E-state index in [1.54, 1.807) is 0 Å². The lowest BCUT2D eigenvalue weighted by molar-refractivity contribution is 0.674. The van der Waals surface area contributed by atoms with Gasteiger partial charge >= 0.3 is 0 Å². The summed E-state index contributed by atoms with van der Waals surface area (Å²) in [6.07, 6.45) is 6.14. The molecule has 0 bridgehead atoms. The molecule has 12 heavy (non-hydrogen) atoms. The third kappa shape index (κ3) is 7.73. The second kappa shape index (κ2) is 8.72. The van der Waals surface area contributed by atoms with Gasteiger partial charge in [-0.15, -0.1) is 0 Å². The van der Waals surface area contributed by atoms with E-state index in [4.69, 9.17) is 5.73 Å². The maximum atomic E-state index is 5.40. The number of unbranched alkanes of at least 4 members (excludes halogenated alkanes) is 3. The summed E-state index contributed by atoms with van der Waals surface area (Å²) in [6, 6.07) is 0. The lowest BCUT2D eigenvalue weighted by Gasteiger charge is -1.98. The third-order valence-corrected chi connectivity index (χ3v) is 1.90. The zero-order chi connectivity index (χ0) is 9.23. The van der Waals surface area contributed by atoms with Crippen molar-refractivity contribution in [2.75, 3.05) is 13.1 Å². The van der Waals surface area contributed by atoms with Gasteiger partial charge in [-0.1, -0.05) is 26.2 Å². The molecule has 2 nitrogen and oxygen atoms in total. The first kappa shape index (κ1) is 11.6. The molecule has 0 rings (SSSR count). The fourth-order valence-electron chi connectivity index (χ4n) is 1.10. The normalized spacial score (nSPS) is 12.1. The second-order valence-electron chi connectivity index (χ2n) is 3.22. The van der Waals surface area contributed by atoms with E-state index in [1.807, 2.05) is 0 Å². The van der Waals surface area contributed by atoms with E-state index in [1.165, 1.54) is 31.4 Å². The van der Waals surface area contributed by atoms with E-state index in [0.717, 1.165) is 19.5 Å². The van der Waals surface area contributed by atoms with Gasteiger partial charge in [0.2, 0.25) is 0 Å². The standard InChI is InChI=1S/C10H22N2/c1-3-4-5-6-9-12-10(2)7-8-11/h3-9,11H2,1-2H3/b12-10+. The van der Waals surface area contributed by atoms with Crippen LogP contribution in [0.3, 0.4) is 0 Å². The fourth-order valence-corrected chi connectivity index (χ4v) is 1.10. The molecule has 0 amide bonds. The Labute approximate surface area is 76.3 Å². The average molecular weight is 170 g/mol. The van der Waals surface area contributed by atoms with E-state index < -0.39 is 0 Å². The van der Waals surface area contributed by atoms with Crippen molar-refractivity contribution in [3.63, 3.8) is 0 Å². The molecule has 0 spiro atoms. The van der Waals surface area contributed by atoms with Gasteiger partial charge in [-0.3, -0.25) is 4.99 Å². The van der Waals surface area contributed by atoms with Crippen LogP contribution in [-0.4, -0.2) is 18.8 Å². The number of aliphatic imine (C=N–C) groups is 1. The Kier molecular flexibility index (Phi) is 8.46. The summed E-state index contributed by atoms with van der Waals surface area (Å²) in [6.45, 7) is 6.01. The maximum absolute atomic E-state index is 5.40. The molecule has 0 aromatic heterocycles. The lowest BCUT2D eigenvalue weighted by Crippen LogP contribution is -2.05. The largest absolute Gasteiger partial charge is 0.330 e. The van der Waals surface area contributed by atoms with Crippen molar-refractivity contribution in [1.82, 2.24) is 0 Å². The van der Waals surface area contributed by atoms with Crippen molar-refractivity contribution in [2.24, 2.45) is 10.7 Å². The van der Waals surface area contributed by atoms with Crippen LogP contribution < -0.4 is 5.73 Å². The minimum Gasteiger partial charge on any atom is -0.330 e. The number of nitrogens with zero attached hydrogens (tertiary/aromatic N) is 1. The van der Waals surface area contributed by atoms with Crippen molar-refractivity contribution < 1.29 is 0 Å². The second-order valence-corrected chi connectivity index (χ2v) is 3.22. The predicted octanol–water partition coefficient (Wildman–Crippen LogP) is 2.38. The zero-order valence-corrected chi connectivity index (χ0v) is 8.47. The molecule has 0 aromatic rings. The Hall–Kier alpha value is -0.370. The van der Waals surface area contributed by atoms with Crippen molar-refractivity contribution in [3.8, 4) is 0 Å². The number of nitrogens with two attached hydrogens (primary N) is 1. The molecule has 0 heterocycles. The SMILES string of the molecule is CCCCCC/N=C(\C)CCN. The van der Waals surface area contributed by atoms with Gasteiger partial charge in [0.1, 0.15) is 0 Å². The van der Waals surface area contributed by atoms with E-state index in [-0.39, 0.29) is 0 Å². The minimum atomic E-state index is 0.726. The number of rotatable bonds is 7. The molecule has 0 unspecified atom stereocenters. The Balaban J connectivity index is 3.21. The van der Waals surface area contributed by atoms with Crippen molar-refractivity contribution in [1.29, 1.82) is 0 Å². The first-order chi connectivity index (χ1) is 5.81. The molecule has 0 aromatic carbocycles. The Bertz CT molecular complexity index is 119. The molecule has 0 aliphatic carbocycles. The number of hydrogen-bond acceptors (Lipinski definition) is 2. The maximum Gasteiger partial charge on any atom is 0.0388 e. The summed E-state index contributed by atoms with van der Waals surface area (Å²) in [4.78, 5) is 4.42. The van der Waals surface area contributed by atoms with E-state index in [2.05, 4.69) is 18.8 Å². The molecular weight excluding hydrogens is 148 g/mol. The third-order valence-electron chi connectivity index (χ3n) is 1.90. The van der Waals surface area contributed by atoms with Crippen LogP contribution in [0, 0.1) is 0 Å². The Morgan fingerprint density at radius 2 is 2.00 bits per heavy atom. The molecule has 2 heteroatoms. The van der Waals surface area contributed by atoms with Gasteiger partial charge in [0, 0.05) is 12.3 Å². The summed E-state index contributed by atoms with van der Waals surface area (Å²) in [7, 11) is 0. The van der Waals surface area contributed by atoms with Gasteiger partial charge in [0.05, 0.1) is 0 Å². The Morgan fingerprint density at radius 1 is 1.25 bits per heavy atom. The van der Waals surface area contributed by atoms with Gasteiger partial charge in [-0.25, -0.2) is 0 Å². The highest BCUT2D eigenvalue weighted by Gasteiger charge is 1.89. The molecule has 0 saturated heterocycles. The molecule has 0 fully saturated rings. The summed E-state index contributed by atoms with van der Waals surface area (Å²) in [5, 5.41) is 0.